The molecule has 4 nitrogen and oxygen atoms in total. The van der Waals surface area contributed by atoms with Crippen LogP contribution in [-0.2, 0) is 11.3 Å². The van der Waals surface area contributed by atoms with Gasteiger partial charge >= 0.3 is 0 Å². The van der Waals surface area contributed by atoms with Crippen LogP contribution in [0.2, 0.25) is 0 Å². The molecule has 1 amide bonds. The predicted molar refractivity (Wildman–Crippen MR) is 99.8 cm³/mol. The van der Waals surface area contributed by atoms with E-state index in [4.69, 9.17) is 0 Å². The monoisotopic (exact) mass is 360 g/mol. The summed E-state index contributed by atoms with van der Waals surface area (Å²) in [6.45, 7) is 6.69. The van der Waals surface area contributed by atoms with Crippen LogP contribution in [-0.4, -0.2) is 24.0 Å². The van der Waals surface area contributed by atoms with Crippen LogP contribution in [0.4, 0.5) is 4.39 Å². The maximum Gasteiger partial charge on any atom is 0.276 e. The van der Waals surface area contributed by atoms with Crippen molar-refractivity contribution in [3.63, 3.8) is 0 Å². The lowest BCUT2D eigenvalue weighted by atomic mass is 9.90. The van der Waals surface area contributed by atoms with Gasteiger partial charge in [0.15, 0.2) is 6.54 Å². The Labute approximate surface area is 156 Å². The summed E-state index contributed by atoms with van der Waals surface area (Å²) in [6.07, 6.45) is 5.88. The molecule has 0 heterocycles. The second-order valence-corrected chi connectivity index (χ2v) is 7.99. The van der Waals surface area contributed by atoms with Crippen molar-refractivity contribution in [1.82, 2.24) is 5.32 Å². The molecule has 1 aromatic rings. The lowest BCUT2D eigenvalue weighted by Crippen LogP contribution is -3.15. The van der Waals surface area contributed by atoms with E-state index < -0.39 is 5.54 Å². The van der Waals surface area contributed by atoms with E-state index in [0.717, 1.165) is 18.4 Å². The fraction of sp³-hybridized carbons (Fsp3) is 0.619. The standard InChI is InChI=1S/C21H30FN3O/c1-16(2)21(3,15-23)24-20(26)14-25(19-7-5-4-6-8-19)13-17-9-11-18(22)12-10-17/h9-12,16,19H,4-8,13-14H2,1-3H3,(H,24,26)/p+1/t21-/m0/s1. The number of amides is 1. The second kappa shape index (κ2) is 9.14. The minimum Gasteiger partial charge on any atom is -0.333 e. The van der Waals surface area contributed by atoms with Crippen molar-refractivity contribution >= 4 is 5.91 Å². The summed E-state index contributed by atoms with van der Waals surface area (Å²) in [4.78, 5) is 13.9. The van der Waals surface area contributed by atoms with Crippen LogP contribution < -0.4 is 10.2 Å². The van der Waals surface area contributed by atoms with E-state index in [1.54, 1.807) is 19.1 Å². The minimum absolute atomic E-state index is 0.0340. The highest BCUT2D eigenvalue weighted by atomic mass is 19.1. The Balaban J connectivity index is 2.09. The average molecular weight is 360 g/mol. The molecule has 1 fully saturated rings. The maximum absolute atomic E-state index is 13.2. The highest BCUT2D eigenvalue weighted by Gasteiger charge is 2.33. The fourth-order valence-corrected chi connectivity index (χ4v) is 3.57. The lowest BCUT2D eigenvalue weighted by molar-refractivity contribution is -0.932. The zero-order chi connectivity index (χ0) is 19.2. The number of hydrogen-bond acceptors (Lipinski definition) is 2. The number of hydrogen-bond donors (Lipinski definition) is 2. The third-order valence-electron chi connectivity index (χ3n) is 5.70. The Kier molecular flexibility index (Phi) is 7.16. The van der Waals surface area contributed by atoms with E-state index in [2.05, 4.69) is 11.4 Å². The Morgan fingerprint density at radius 1 is 1.31 bits per heavy atom. The van der Waals surface area contributed by atoms with Gasteiger partial charge in [0.05, 0.1) is 12.1 Å². The first-order chi connectivity index (χ1) is 12.3. The molecule has 0 bridgehead atoms. The average Bonchev–Trinajstić information content (AvgIpc) is 2.63. The number of nitrogens with one attached hydrogen (secondary N) is 2. The van der Waals surface area contributed by atoms with E-state index in [0.29, 0.717) is 19.1 Å². The largest absolute Gasteiger partial charge is 0.333 e. The van der Waals surface area contributed by atoms with E-state index >= 15 is 0 Å². The number of quaternary nitrogens is 1. The molecule has 2 N–H and O–H groups in total. The Morgan fingerprint density at radius 2 is 1.92 bits per heavy atom. The van der Waals surface area contributed by atoms with Gasteiger partial charge in [-0.1, -0.05) is 32.4 Å². The quantitative estimate of drug-likeness (QED) is 0.785. The van der Waals surface area contributed by atoms with Crippen molar-refractivity contribution in [2.24, 2.45) is 5.92 Å². The molecule has 0 saturated heterocycles. The van der Waals surface area contributed by atoms with E-state index in [1.807, 2.05) is 13.8 Å². The molecule has 1 aromatic carbocycles. The zero-order valence-electron chi connectivity index (χ0n) is 16.1. The second-order valence-electron chi connectivity index (χ2n) is 7.99. The Hall–Kier alpha value is -1.93. The minimum atomic E-state index is -0.857. The van der Waals surface area contributed by atoms with E-state index in [9.17, 15) is 14.4 Å². The van der Waals surface area contributed by atoms with Gasteiger partial charge in [-0.2, -0.15) is 5.26 Å². The molecular weight excluding hydrogens is 329 g/mol. The lowest BCUT2D eigenvalue weighted by Gasteiger charge is -2.33. The molecule has 1 aliphatic carbocycles. The van der Waals surface area contributed by atoms with E-state index in [-0.39, 0.29) is 17.6 Å². The number of rotatable bonds is 7. The normalized spacial score (nSPS) is 18.8. The summed E-state index contributed by atoms with van der Waals surface area (Å²) in [5.41, 5.74) is 0.177. The number of nitrogens with zero attached hydrogens (tertiary/aromatic N) is 1. The van der Waals surface area contributed by atoms with Crippen molar-refractivity contribution in [1.29, 1.82) is 5.26 Å². The molecule has 2 atom stereocenters. The summed E-state index contributed by atoms with van der Waals surface area (Å²) < 4.78 is 13.2. The molecule has 0 aromatic heterocycles. The van der Waals surface area contributed by atoms with E-state index in [1.165, 1.54) is 36.3 Å². The number of carbonyl (C=O) groups is 1. The molecular formula is C21H31FN3O+. The first-order valence-corrected chi connectivity index (χ1v) is 9.65. The summed E-state index contributed by atoms with van der Waals surface area (Å²) in [7, 11) is 0. The highest BCUT2D eigenvalue weighted by Crippen LogP contribution is 2.17. The van der Waals surface area contributed by atoms with Gasteiger partial charge in [0.2, 0.25) is 0 Å². The zero-order valence-corrected chi connectivity index (χ0v) is 16.1. The SMILES string of the molecule is CC(C)[C@](C)(C#N)NC(=O)C[NH+](Cc1ccc(F)cc1)C1CCCCC1. The van der Waals surface area contributed by atoms with Gasteiger partial charge in [-0.3, -0.25) is 4.79 Å². The molecule has 2 rings (SSSR count). The Bertz CT molecular complexity index is 632. The summed E-state index contributed by atoms with van der Waals surface area (Å²) in [6, 6.07) is 9.21. The third kappa shape index (κ3) is 5.54. The number of nitriles is 1. The molecule has 0 radical (unpaired) electrons. The molecule has 1 saturated carbocycles. The molecule has 26 heavy (non-hydrogen) atoms. The molecule has 0 spiro atoms. The molecule has 142 valence electrons. The van der Waals surface area contributed by atoms with Crippen molar-refractivity contribution in [2.45, 2.75) is 71.0 Å². The van der Waals surface area contributed by atoms with Crippen molar-refractivity contribution < 1.29 is 14.1 Å². The Morgan fingerprint density at radius 3 is 2.46 bits per heavy atom. The van der Waals surface area contributed by atoms with Crippen molar-refractivity contribution in [2.75, 3.05) is 6.54 Å². The van der Waals surface area contributed by atoms with Crippen LogP contribution in [0.25, 0.3) is 0 Å². The smallest absolute Gasteiger partial charge is 0.276 e. The van der Waals surface area contributed by atoms with Gasteiger partial charge in [0.25, 0.3) is 5.91 Å². The molecule has 0 aliphatic heterocycles. The van der Waals surface area contributed by atoms with Gasteiger partial charge in [0, 0.05) is 5.56 Å². The predicted octanol–water partition coefficient (Wildman–Crippen LogP) is 2.60. The maximum atomic E-state index is 13.2. The van der Waals surface area contributed by atoms with Crippen molar-refractivity contribution in [3.8, 4) is 6.07 Å². The first kappa shape index (κ1) is 20.4. The molecule has 1 aliphatic rings. The molecule has 1 unspecified atom stereocenters. The number of carbonyl (C=O) groups excluding carboxylic acids is 1. The summed E-state index contributed by atoms with van der Waals surface area (Å²) >= 11 is 0. The van der Waals surface area contributed by atoms with Crippen molar-refractivity contribution in [3.05, 3.63) is 35.6 Å². The van der Waals surface area contributed by atoms with Crippen LogP contribution >= 0.6 is 0 Å². The van der Waals surface area contributed by atoms with Gasteiger partial charge in [-0.05, 0) is 50.7 Å². The van der Waals surface area contributed by atoms with Gasteiger partial charge in [-0.25, -0.2) is 4.39 Å². The van der Waals surface area contributed by atoms with Crippen LogP contribution in [0.3, 0.4) is 0 Å². The van der Waals surface area contributed by atoms with Crippen LogP contribution in [0.15, 0.2) is 24.3 Å². The molecule has 5 heteroatoms. The van der Waals surface area contributed by atoms with Gasteiger partial charge in [0.1, 0.15) is 17.9 Å². The third-order valence-corrected chi connectivity index (χ3v) is 5.70. The van der Waals surface area contributed by atoms with Gasteiger partial charge < -0.3 is 10.2 Å². The van der Waals surface area contributed by atoms with Crippen LogP contribution in [0.5, 0.6) is 0 Å². The number of benzene rings is 1. The van der Waals surface area contributed by atoms with Gasteiger partial charge in [-0.15, -0.1) is 0 Å². The summed E-state index contributed by atoms with van der Waals surface area (Å²) in [5, 5.41) is 12.4. The van der Waals surface area contributed by atoms with Crippen LogP contribution in [0.1, 0.15) is 58.4 Å². The first-order valence-electron chi connectivity index (χ1n) is 9.65. The fourth-order valence-electron chi connectivity index (χ4n) is 3.57. The van der Waals surface area contributed by atoms with Crippen LogP contribution in [0, 0.1) is 23.1 Å². The highest BCUT2D eigenvalue weighted by molar-refractivity contribution is 5.78. The summed E-state index contributed by atoms with van der Waals surface area (Å²) in [5.74, 6) is -0.301. The topological polar surface area (TPSA) is 57.3 Å². The number of halogens is 1.